The molecule has 180 valence electrons. The van der Waals surface area contributed by atoms with Crippen LogP contribution in [0.15, 0.2) is 35.3 Å². The predicted molar refractivity (Wildman–Crippen MR) is 131 cm³/mol. The molecule has 0 saturated carbocycles. The minimum atomic E-state index is -4.18. The van der Waals surface area contributed by atoms with Gasteiger partial charge in [0, 0.05) is 71.0 Å². The average Bonchev–Trinajstić information content (AvgIpc) is 3.18. The van der Waals surface area contributed by atoms with Crippen LogP contribution in [-0.4, -0.2) is 93.3 Å². The summed E-state index contributed by atoms with van der Waals surface area (Å²) in [7, 11) is 1.61. The van der Waals surface area contributed by atoms with Crippen molar-refractivity contribution < 1.29 is 18.0 Å². The molecule has 11 heteroatoms. The summed E-state index contributed by atoms with van der Waals surface area (Å²) in [5.74, 6) is 0.605. The summed E-state index contributed by atoms with van der Waals surface area (Å²) in [5, 5.41) is 6.26. The maximum absolute atomic E-state index is 12.5. The lowest BCUT2D eigenvalue weighted by Crippen LogP contribution is -2.50. The van der Waals surface area contributed by atoms with Crippen molar-refractivity contribution in [3.63, 3.8) is 0 Å². The van der Waals surface area contributed by atoms with E-state index >= 15 is 0 Å². The molecule has 1 amide bonds. The van der Waals surface area contributed by atoms with Crippen molar-refractivity contribution in [3.05, 3.63) is 30.3 Å². The number of piperazine rings is 1. The molecule has 32 heavy (non-hydrogen) atoms. The van der Waals surface area contributed by atoms with Gasteiger partial charge in [0.2, 0.25) is 5.91 Å². The maximum Gasteiger partial charge on any atom is 0.401 e. The number of guanidine groups is 1. The van der Waals surface area contributed by atoms with Crippen LogP contribution in [0.2, 0.25) is 0 Å². The lowest BCUT2D eigenvalue weighted by Gasteiger charge is -2.36. The number of carbonyl (C=O) groups is 1. The van der Waals surface area contributed by atoms with Gasteiger partial charge < -0.3 is 20.4 Å². The van der Waals surface area contributed by atoms with Gasteiger partial charge in [-0.2, -0.15) is 13.2 Å². The smallest absolute Gasteiger partial charge is 0.368 e. The van der Waals surface area contributed by atoms with Crippen molar-refractivity contribution in [1.82, 2.24) is 20.4 Å². The van der Waals surface area contributed by atoms with Gasteiger partial charge in [-0.1, -0.05) is 18.2 Å². The third-order valence-corrected chi connectivity index (χ3v) is 5.62. The SMILES string of the molecule is CN=C(NCCC(=O)N1CCN(c2ccccc2)CC1)NC1CCN(CC(F)(F)F)C1.I. The van der Waals surface area contributed by atoms with Crippen molar-refractivity contribution >= 4 is 41.5 Å². The summed E-state index contributed by atoms with van der Waals surface area (Å²) < 4.78 is 37.6. The fourth-order valence-corrected chi connectivity index (χ4v) is 4.03. The normalized spacial score (nSPS) is 20.1. The number of nitrogens with one attached hydrogen (secondary N) is 2. The van der Waals surface area contributed by atoms with Crippen molar-refractivity contribution in [2.75, 3.05) is 64.3 Å². The molecule has 3 rings (SSSR count). The molecular weight excluding hydrogens is 536 g/mol. The van der Waals surface area contributed by atoms with Crippen LogP contribution in [0, 0.1) is 0 Å². The Morgan fingerprint density at radius 2 is 1.81 bits per heavy atom. The quantitative estimate of drug-likeness (QED) is 0.313. The molecule has 1 atom stereocenters. The van der Waals surface area contributed by atoms with E-state index in [2.05, 4.69) is 32.7 Å². The Morgan fingerprint density at radius 1 is 1.12 bits per heavy atom. The first-order chi connectivity index (χ1) is 14.8. The number of hydrogen-bond acceptors (Lipinski definition) is 4. The molecule has 2 aliphatic heterocycles. The molecule has 0 aliphatic carbocycles. The number of amides is 1. The highest BCUT2D eigenvalue weighted by atomic mass is 127. The number of para-hydroxylation sites is 1. The van der Waals surface area contributed by atoms with Crippen LogP contribution in [0.3, 0.4) is 0 Å². The molecule has 1 unspecified atom stereocenters. The van der Waals surface area contributed by atoms with E-state index in [1.807, 2.05) is 23.1 Å². The molecule has 2 N–H and O–H groups in total. The highest BCUT2D eigenvalue weighted by molar-refractivity contribution is 14.0. The highest BCUT2D eigenvalue weighted by Gasteiger charge is 2.34. The minimum absolute atomic E-state index is 0. The number of anilines is 1. The Balaban J connectivity index is 0.00000363. The Morgan fingerprint density at radius 3 is 2.44 bits per heavy atom. The van der Waals surface area contributed by atoms with Gasteiger partial charge in [-0.15, -0.1) is 24.0 Å². The van der Waals surface area contributed by atoms with E-state index < -0.39 is 12.7 Å². The molecule has 0 bridgehead atoms. The van der Waals surface area contributed by atoms with Crippen molar-refractivity contribution in [3.8, 4) is 0 Å². The molecular formula is C21H32F3IN6O. The first-order valence-electron chi connectivity index (χ1n) is 10.7. The second-order valence-corrected chi connectivity index (χ2v) is 7.93. The van der Waals surface area contributed by atoms with Crippen molar-refractivity contribution in [2.45, 2.75) is 25.1 Å². The number of benzene rings is 1. The Bertz CT molecular complexity index is 741. The van der Waals surface area contributed by atoms with E-state index in [4.69, 9.17) is 0 Å². The molecule has 2 aliphatic rings. The molecule has 0 aromatic heterocycles. The van der Waals surface area contributed by atoms with Crippen LogP contribution in [0.25, 0.3) is 0 Å². The van der Waals surface area contributed by atoms with Gasteiger partial charge >= 0.3 is 6.18 Å². The van der Waals surface area contributed by atoms with Gasteiger partial charge in [-0.3, -0.25) is 14.7 Å². The van der Waals surface area contributed by atoms with E-state index in [1.165, 1.54) is 10.6 Å². The molecule has 1 aromatic carbocycles. The zero-order chi connectivity index (χ0) is 22.3. The van der Waals surface area contributed by atoms with Gasteiger partial charge in [0.15, 0.2) is 5.96 Å². The summed E-state index contributed by atoms with van der Waals surface area (Å²) in [6, 6.07) is 10.1. The van der Waals surface area contributed by atoms with Crippen molar-refractivity contribution in [1.29, 1.82) is 0 Å². The van der Waals surface area contributed by atoms with E-state index in [0.717, 1.165) is 13.1 Å². The molecule has 0 radical (unpaired) electrons. The predicted octanol–water partition coefficient (Wildman–Crippen LogP) is 2.14. The Hall–Kier alpha value is -1.76. The van der Waals surface area contributed by atoms with Crippen LogP contribution in [-0.2, 0) is 4.79 Å². The third kappa shape index (κ3) is 8.30. The van der Waals surface area contributed by atoms with Gasteiger partial charge in [0.25, 0.3) is 0 Å². The summed E-state index contributed by atoms with van der Waals surface area (Å²) in [5.41, 5.74) is 1.17. The summed E-state index contributed by atoms with van der Waals surface area (Å²) in [6.07, 6.45) is -3.21. The van der Waals surface area contributed by atoms with E-state index in [0.29, 0.717) is 51.5 Å². The monoisotopic (exact) mass is 568 g/mol. The van der Waals surface area contributed by atoms with Gasteiger partial charge in [0.1, 0.15) is 0 Å². The Kier molecular flexibility index (Phi) is 10.3. The fraction of sp³-hybridized carbons (Fsp3) is 0.619. The lowest BCUT2D eigenvalue weighted by molar-refractivity contribution is -0.143. The van der Waals surface area contributed by atoms with Crippen LogP contribution in [0.4, 0.5) is 18.9 Å². The maximum atomic E-state index is 12.5. The molecule has 7 nitrogen and oxygen atoms in total. The zero-order valence-corrected chi connectivity index (χ0v) is 20.6. The second kappa shape index (κ2) is 12.5. The van der Waals surface area contributed by atoms with Crippen LogP contribution in [0.1, 0.15) is 12.8 Å². The molecule has 2 saturated heterocycles. The standard InChI is InChI=1S/C21H31F3N6O.HI/c1-25-20(27-17-8-10-28(15-17)16-21(22,23)24)26-9-7-19(31)30-13-11-29(12-14-30)18-5-3-2-4-6-18;/h2-6,17H,7-16H2,1H3,(H2,25,26,27);1H. The number of carbonyl (C=O) groups excluding carboxylic acids is 1. The van der Waals surface area contributed by atoms with Gasteiger partial charge in [-0.05, 0) is 18.6 Å². The number of nitrogens with zero attached hydrogens (tertiary/aromatic N) is 4. The minimum Gasteiger partial charge on any atom is -0.368 e. The van der Waals surface area contributed by atoms with Crippen LogP contribution >= 0.6 is 24.0 Å². The van der Waals surface area contributed by atoms with E-state index in [9.17, 15) is 18.0 Å². The lowest BCUT2D eigenvalue weighted by atomic mass is 10.2. The van der Waals surface area contributed by atoms with Crippen molar-refractivity contribution in [2.24, 2.45) is 4.99 Å². The average molecular weight is 568 g/mol. The summed E-state index contributed by atoms with van der Waals surface area (Å²) >= 11 is 0. The molecule has 1 aromatic rings. The topological polar surface area (TPSA) is 63.2 Å². The third-order valence-electron chi connectivity index (χ3n) is 5.62. The first kappa shape index (κ1) is 26.5. The molecule has 2 fully saturated rings. The fourth-order valence-electron chi connectivity index (χ4n) is 4.03. The van der Waals surface area contributed by atoms with Crippen LogP contribution < -0.4 is 15.5 Å². The van der Waals surface area contributed by atoms with Gasteiger partial charge in [-0.25, -0.2) is 0 Å². The number of aliphatic imine (C=N–C) groups is 1. The number of likely N-dealkylation sites (tertiary alicyclic amines) is 1. The number of alkyl halides is 3. The largest absolute Gasteiger partial charge is 0.401 e. The summed E-state index contributed by atoms with van der Waals surface area (Å²) in [4.78, 5) is 22.2. The van der Waals surface area contributed by atoms with Gasteiger partial charge in [0.05, 0.1) is 6.54 Å². The summed E-state index contributed by atoms with van der Waals surface area (Å²) in [6.45, 7) is 3.27. The second-order valence-electron chi connectivity index (χ2n) is 7.93. The zero-order valence-electron chi connectivity index (χ0n) is 18.3. The van der Waals surface area contributed by atoms with Crippen LogP contribution in [0.5, 0.6) is 0 Å². The molecule has 0 spiro atoms. The molecule has 2 heterocycles. The first-order valence-corrected chi connectivity index (χ1v) is 10.7. The Labute approximate surface area is 204 Å². The number of hydrogen-bond donors (Lipinski definition) is 2. The number of halogens is 4. The van der Waals surface area contributed by atoms with E-state index in [-0.39, 0.29) is 35.9 Å². The number of rotatable bonds is 6. The highest BCUT2D eigenvalue weighted by Crippen LogP contribution is 2.20. The van der Waals surface area contributed by atoms with E-state index in [1.54, 1.807) is 7.05 Å².